The van der Waals surface area contributed by atoms with Gasteiger partial charge in [0, 0.05) is 13.1 Å². The largest absolute Gasteiger partial charge is 0.484 e. The summed E-state index contributed by atoms with van der Waals surface area (Å²) in [6.07, 6.45) is 0. The zero-order chi connectivity index (χ0) is 13.3. The number of hydrogen-bond donors (Lipinski definition) is 1. The van der Waals surface area contributed by atoms with Gasteiger partial charge in [-0.1, -0.05) is 0 Å². The van der Waals surface area contributed by atoms with E-state index in [2.05, 4.69) is 21.0 Å². The van der Waals surface area contributed by atoms with Crippen molar-refractivity contribution in [3.8, 4) is 5.75 Å². The molecule has 0 spiro atoms. The Balaban J connectivity index is 2.18. The first kappa shape index (κ1) is 12.9. The maximum Gasteiger partial charge on any atom is 0.157 e. The number of halogens is 2. The predicted molar refractivity (Wildman–Crippen MR) is 70.8 cm³/mol. The van der Waals surface area contributed by atoms with Gasteiger partial charge in [-0.15, -0.1) is 0 Å². The molecule has 2 aromatic rings. The fourth-order valence-electron chi connectivity index (χ4n) is 1.68. The van der Waals surface area contributed by atoms with Crippen LogP contribution in [0.2, 0.25) is 0 Å². The van der Waals surface area contributed by atoms with Gasteiger partial charge in [-0.2, -0.15) is 5.10 Å². The second kappa shape index (κ2) is 4.97. The number of anilines is 1. The highest BCUT2D eigenvalue weighted by Gasteiger charge is 2.10. The van der Waals surface area contributed by atoms with Gasteiger partial charge < -0.3 is 10.5 Å². The van der Waals surface area contributed by atoms with Crippen molar-refractivity contribution in [2.24, 2.45) is 7.05 Å². The standard InChI is InChI=1S/C12H13BrFN3O/c1-7-3-9(17(2)16-7)6-18-12-10(13)4-8(14)5-11(12)15/h3-5H,6,15H2,1-2H3. The maximum absolute atomic E-state index is 13.1. The topological polar surface area (TPSA) is 53.1 Å². The Morgan fingerprint density at radius 1 is 1.44 bits per heavy atom. The third kappa shape index (κ3) is 2.64. The zero-order valence-electron chi connectivity index (χ0n) is 10.1. The lowest BCUT2D eigenvalue weighted by Gasteiger charge is -2.11. The SMILES string of the molecule is Cc1cc(COc2c(N)cc(F)cc2Br)n(C)n1. The van der Waals surface area contributed by atoms with Gasteiger partial charge in [-0.3, -0.25) is 4.68 Å². The van der Waals surface area contributed by atoms with Crippen molar-refractivity contribution in [3.63, 3.8) is 0 Å². The number of ether oxygens (including phenoxy) is 1. The highest BCUT2D eigenvalue weighted by Crippen LogP contribution is 2.32. The van der Waals surface area contributed by atoms with E-state index in [1.54, 1.807) is 4.68 Å². The molecule has 0 fully saturated rings. The highest BCUT2D eigenvalue weighted by atomic mass is 79.9. The molecule has 0 bridgehead atoms. The van der Waals surface area contributed by atoms with Crippen molar-refractivity contribution in [3.05, 3.63) is 39.9 Å². The molecule has 96 valence electrons. The Labute approximate surface area is 113 Å². The second-order valence-electron chi connectivity index (χ2n) is 4.00. The molecular formula is C12H13BrFN3O. The lowest BCUT2D eigenvalue weighted by molar-refractivity contribution is 0.294. The van der Waals surface area contributed by atoms with Crippen molar-refractivity contribution in [2.45, 2.75) is 13.5 Å². The number of benzene rings is 1. The minimum Gasteiger partial charge on any atom is -0.484 e. The molecule has 0 atom stereocenters. The van der Waals surface area contributed by atoms with Crippen LogP contribution in [0, 0.1) is 12.7 Å². The number of aromatic nitrogens is 2. The van der Waals surface area contributed by atoms with E-state index in [0.29, 0.717) is 16.8 Å². The number of hydrogen-bond acceptors (Lipinski definition) is 3. The van der Waals surface area contributed by atoms with Gasteiger partial charge in [0.25, 0.3) is 0 Å². The van der Waals surface area contributed by atoms with Crippen LogP contribution in [0.1, 0.15) is 11.4 Å². The number of rotatable bonds is 3. The number of nitrogens with zero attached hydrogens (tertiary/aromatic N) is 2. The summed E-state index contributed by atoms with van der Waals surface area (Å²) in [5, 5.41) is 4.22. The van der Waals surface area contributed by atoms with Gasteiger partial charge in [-0.25, -0.2) is 4.39 Å². The van der Waals surface area contributed by atoms with Gasteiger partial charge >= 0.3 is 0 Å². The maximum atomic E-state index is 13.1. The fourth-order valence-corrected chi connectivity index (χ4v) is 2.24. The third-order valence-electron chi connectivity index (χ3n) is 2.50. The molecule has 0 aliphatic heterocycles. The minimum atomic E-state index is -0.400. The summed E-state index contributed by atoms with van der Waals surface area (Å²) < 4.78 is 20.9. The van der Waals surface area contributed by atoms with Crippen molar-refractivity contribution in [2.75, 3.05) is 5.73 Å². The molecule has 0 aliphatic rings. The Bertz CT molecular complexity index is 560. The van der Waals surface area contributed by atoms with E-state index in [1.807, 2.05) is 20.0 Å². The second-order valence-corrected chi connectivity index (χ2v) is 4.85. The lowest BCUT2D eigenvalue weighted by atomic mass is 10.3. The Morgan fingerprint density at radius 2 is 2.17 bits per heavy atom. The van der Waals surface area contributed by atoms with Crippen LogP contribution < -0.4 is 10.5 Å². The summed E-state index contributed by atoms with van der Waals surface area (Å²) in [5.41, 5.74) is 7.82. The number of nitrogen functional groups attached to an aromatic ring is 1. The summed E-state index contributed by atoms with van der Waals surface area (Å²) in [6, 6.07) is 4.47. The van der Waals surface area contributed by atoms with Gasteiger partial charge in [-0.05, 0) is 35.0 Å². The molecule has 4 nitrogen and oxygen atoms in total. The van der Waals surface area contributed by atoms with Crippen LogP contribution in [-0.4, -0.2) is 9.78 Å². The molecule has 1 aromatic heterocycles. The average molecular weight is 314 g/mol. The molecule has 0 saturated heterocycles. The average Bonchev–Trinajstić information content (AvgIpc) is 2.55. The molecule has 18 heavy (non-hydrogen) atoms. The summed E-state index contributed by atoms with van der Waals surface area (Å²) >= 11 is 3.23. The first-order chi connectivity index (χ1) is 8.47. The van der Waals surface area contributed by atoms with Crippen molar-refractivity contribution in [1.29, 1.82) is 0 Å². The fraction of sp³-hybridized carbons (Fsp3) is 0.250. The van der Waals surface area contributed by atoms with Crippen molar-refractivity contribution < 1.29 is 9.13 Å². The highest BCUT2D eigenvalue weighted by molar-refractivity contribution is 9.10. The molecule has 0 amide bonds. The van der Waals surface area contributed by atoms with E-state index in [9.17, 15) is 4.39 Å². The van der Waals surface area contributed by atoms with E-state index >= 15 is 0 Å². The van der Waals surface area contributed by atoms with E-state index < -0.39 is 5.82 Å². The minimum absolute atomic E-state index is 0.265. The van der Waals surface area contributed by atoms with Crippen molar-refractivity contribution in [1.82, 2.24) is 9.78 Å². The van der Waals surface area contributed by atoms with Crippen molar-refractivity contribution >= 4 is 21.6 Å². The normalized spacial score (nSPS) is 10.7. The first-order valence-electron chi connectivity index (χ1n) is 5.34. The Hall–Kier alpha value is -1.56. The van der Waals surface area contributed by atoms with Crippen LogP contribution >= 0.6 is 15.9 Å². The van der Waals surface area contributed by atoms with Crippen LogP contribution in [0.25, 0.3) is 0 Å². The lowest BCUT2D eigenvalue weighted by Crippen LogP contribution is -2.05. The molecular weight excluding hydrogens is 301 g/mol. The molecule has 2 rings (SSSR count). The quantitative estimate of drug-likeness (QED) is 0.886. The number of nitrogens with two attached hydrogens (primary N) is 1. The molecule has 0 aliphatic carbocycles. The summed E-state index contributed by atoms with van der Waals surface area (Å²) in [7, 11) is 1.84. The van der Waals surface area contributed by atoms with Crippen LogP contribution in [0.15, 0.2) is 22.7 Å². The van der Waals surface area contributed by atoms with Gasteiger partial charge in [0.2, 0.25) is 0 Å². The molecule has 6 heteroatoms. The number of aryl methyl sites for hydroxylation is 2. The summed E-state index contributed by atoms with van der Waals surface area (Å²) in [5.74, 6) is 0.0401. The van der Waals surface area contributed by atoms with Gasteiger partial charge in [0.05, 0.1) is 21.5 Å². The van der Waals surface area contributed by atoms with Gasteiger partial charge in [0.15, 0.2) is 5.75 Å². The van der Waals surface area contributed by atoms with Crippen LogP contribution in [0.3, 0.4) is 0 Å². The molecule has 1 aromatic carbocycles. The Kier molecular flexibility index (Phi) is 3.56. The van der Waals surface area contributed by atoms with Gasteiger partial charge in [0.1, 0.15) is 12.4 Å². The summed E-state index contributed by atoms with van der Waals surface area (Å²) in [4.78, 5) is 0. The van der Waals surface area contributed by atoms with Crippen LogP contribution in [0.5, 0.6) is 5.75 Å². The molecule has 0 radical (unpaired) electrons. The van der Waals surface area contributed by atoms with Crippen LogP contribution in [-0.2, 0) is 13.7 Å². The van der Waals surface area contributed by atoms with E-state index in [1.165, 1.54) is 12.1 Å². The molecule has 2 N–H and O–H groups in total. The monoisotopic (exact) mass is 313 g/mol. The molecule has 1 heterocycles. The third-order valence-corrected chi connectivity index (χ3v) is 3.09. The van der Waals surface area contributed by atoms with E-state index in [4.69, 9.17) is 10.5 Å². The smallest absolute Gasteiger partial charge is 0.157 e. The predicted octanol–water partition coefficient (Wildman–Crippen LogP) is 2.79. The van der Waals surface area contributed by atoms with Crippen LogP contribution in [0.4, 0.5) is 10.1 Å². The zero-order valence-corrected chi connectivity index (χ0v) is 11.7. The molecule has 0 unspecified atom stereocenters. The Morgan fingerprint density at radius 3 is 2.72 bits per heavy atom. The van der Waals surface area contributed by atoms with E-state index in [-0.39, 0.29) is 5.69 Å². The molecule has 0 saturated carbocycles. The summed E-state index contributed by atoms with van der Waals surface area (Å²) in [6.45, 7) is 2.23. The van der Waals surface area contributed by atoms with E-state index in [0.717, 1.165) is 11.4 Å². The first-order valence-corrected chi connectivity index (χ1v) is 6.13.